The van der Waals surface area contributed by atoms with Crippen molar-refractivity contribution in [1.82, 2.24) is 5.32 Å². The SMILES string of the molecule is Cc1ccccc1C(C)(C)CNC(=O)C(N)CCS(C)(=O)=O.Cl. The van der Waals surface area contributed by atoms with Gasteiger partial charge in [0.25, 0.3) is 0 Å². The summed E-state index contributed by atoms with van der Waals surface area (Å²) in [6, 6.07) is 7.24. The van der Waals surface area contributed by atoms with Crippen LogP contribution in [0.1, 0.15) is 31.4 Å². The number of hydrogen-bond donors (Lipinski definition) is 2. The predicted octanol–water partition coefficient (Wildman–Crippen LogP) is 1.57. The summed E-state index contributed by atoms with van der Waals surface area (Å²) in [5, 5.41) is 2.83. The van der Waals surface area contributed by atoms with Crippen LogP contribution < -0.4 is 11.1 Å². The zero-order valence-corrected chi connectivity index (χ0v) is 15.8. The van der Waals surface area contributed by atoms with Crippen molar-refractivity contribution in [3.63, 3.8) is 0 Å². The molecule has 0 saturated carbocycles. The number of nitrogens with one attached hydrogen (secondary N) is 1. The third kappa shape index (κ3) is 7.33. The van der Waals surface area contributed by atoms with Crippen molar-refractivity contribution in [2.24, 2.45) is 5.73 Å². The molecular formula is C16H27ClN2O3S. The van der Waals surface area contributed by atoms with Gasteiger partial charge < -0.3 is 11.1 Å². The van der Waals surface area contributed by atoms with Gasteiger partial charge in [0, 0.05) is 18.2 Å². The number of amides is 1. The molecule has 1 rings (SSSR count). The van der Waals surface area contributed by atoms with Gasteiger partial charge in [0.2, 0.25) is 5.91 Å². The van der Waals surface area contributed by atoms with E-state index in [2.05, 4.69) is 19.2 Å². The molecule has 1 amide bonds. The van der Waals surface area contributed by atoms with Crippen LogP contribution in [0.25, 0.3) is 0 Å². The normalized spacial score (nSPS) is 13.1. The van der Waals surface area contributed by atoms with Crippen molar-refractivity contribution >= 4 is 28.2 Å². The maximum Gasteiger partial charge on any atom is 0.236 e. The molecule has 0 radical (unpaired) electrons. The molecule has 0 aliphatic heterocycles. The number of carbonyl (C=O) groups excluding carboxylic acids is 1. The lowest BCUT2D eigenvalue weighted by Gasteiger charge is -2.28. The quantitative estimate of drug-likeness (QED) is 0.770. The first-order valence-electron chi connectivity index (χ1n) is 7.30. The van der Waals surface area contributed by atoms with Gasteiger partial charge in [-0.3, -0.25) is 4.79 Å². The van der Waals surface area contributed by atoms with E-state index >= 15 is 0 Å². The Hall–Kier alpha value is -1.11. The summed E-state index contributed by atoms with van der Waals surface area (Å²) in [6.45, 7) is 6.59. The molecule has 0 aromatic heterocycles. The molecule has 1 unspecified atom stereocenters. The standard InChI is InChI=1S/C16H26N2O3S.ClH/c1-12-7-5-6-8-13(12)16(2,3)11-18-15(19)14(17)9-10-22(4,20)21;/h5-8,14H,9-11,17H2,1-4H3,(H,18,19);1H. The zero-order chi connectivity index (χ0) is 17.0. The van der Waals surface area contributed by atoms with Crippen molar-refractivity contribution in [2.75, 3.05) is 18.6 Å². The molecule has 7 heteroatoms. The van der Waals surface area contributed by atoms with Crippen molar-refractivity contribution in [1.29, 1.82) is 0 Å². The number of nitrogens with two attached hydrogens (primary N) is 1. The highest BCUT2D eigenvalue weighted by Gasteiger charge is 2.24. The Labute approximate surface area is 145 Å². The summed E-state index contributed by atoms with van der Waals surface area (Å²) in [5.41, 5.74) is 7.86. The van der Waals surface area contributed by atoms with Gasteiger partial charge in [-0.25, -0.2) is 8.42 Å². The summed E-state index contributed by atoms with van der Waals surface area (Å²) >= 11 is 0. The van der Waals surface area contributed by atoms with Crippen LogP contribution in [0.3, 0.4) is 0 Å². The van der Waals surface area contributed by atoms with Crippen molar-refractivity contribution in [3.8, 4) is 0 Å². The number of aryl methyl sites for hydroxylation is 1. The highest BCUT2D eigenvalue weighted by molar-refractivity contribution is 7.90. The monoisotopic (exact) mass is 362 g/mol. The third-order valence-electron chi connectivity index (χ3n) is 3.72. The zero-order valence-electron chi connectivity index (χ0n) is 14.1. The largest absolute Gasteiger partial charge is 0.354 e. The van der Waals surface area contributed by atoms with Crippen LogP contribution in [-0.4, -0.2) is 38.9 Å². The molecule has 132 valence electrons. The van der Waals surface area contributed by atoms with Gasteiger partial charge in [-0.15, -0.1) is 12.4 Å². The van der Waals surface area contributed by atoms with E-state index in [-0.39, 0.29) is 35.9 Å². The van der Waals surface area contributed by atoms with Gasteiger partial charge in [0.05, 0.1) is 11.8 Å². The summed E-state index contributed by atoms with van der Waals surface area (Å²) in [7, 11) is -3.10. The van der Waals surface area contributed by atoms with E-state index in [0.29, 0.717) is 6.54 Å². The predicted molar refractivity (Wildman–Crippen MR) is 96.8 cm³/mol. The number of hydrogen-bond acceptors (Lipinski definition) is 4. The smallest absolute Gasteiger partial charge is 0.236 e. The third-order valence-corrected chi connectivity index (χ3v) is 4.69. The van der Waals surface area contributed by atoms with Crippen LogP contribution in [0, 0.1) is 6.92 Å². The van der Waals surface area contributed by atoms with E-state index < -0.39 is 15.9 Å². The van der Waals surface area contributed by atoms with E-state index in [1.165, 1.54) is 11.1 Å². The maximum absolute atomic E-state index is 12.0. The molecule has 1 aromatic rings. The van der Waals surface area contributed by atoms with Crippen LogP contribution in [0.4, 0.5) is 0 Å². The number of benzene rings is 1. The van der Waals surface area contributed by atoms with Gasteiger partial charge in [-0.1, -0.05) is 38.1 Å². The fourth-order valence-corrected chi connectivity index (χ4v) is 3.02. The van der Waals surface area contributed by atoms with Gasteiger partial charge in [-0.2, -0.15) is 0 Å². The van der Waals surface area contributed by atoms with Crippen molar-refractivity contribution < 1.29 is 13.2 Å². The molecule has 1 atom stereocenters. The first-order valence-corrected chi connectivity index (χ1v) is 9.36. The van der Waals surface area contributed by atoms with E-state index in [0.717, 1.165) is 6.26 Å². The van der Waals surface area contributed by atoms with Crippen LogP contribution in [0.5, 0.6) is 0 Å². The summed E-state index contributed by atoms with van der Waals surface area (Å²) in [4.78, 5) is 12.0. The Morgan fingerprint density at radius 2 is 1.87 bits per heavy atom. The van der Waals surface area contributed by atoms with Crippen LogP contribution in [0.2, 0.25) is 0 Å². The van der Waals surface area contributed by atoms with Gasteiger partial charge >= 0.3 is 0 Å². The molecule has 0 heterocycles. The van der Waals surface area contributed by atoms with Crippen LogP contribution in [-0.2, 0) is 20.0 Å². The van der Waals surface area contributed by atoms with Gasteiger partial charge in [-0.05, 0) is 24.5 Å². The summed E-state index contributed by atoms with van der Waals surface area (Å²) in [5.74, 6) is -0.395. The molecular weight excluding hydrogens is 336 g/mol. The first-order chi connectivity index (χ1) is 10.0. The lowest BCUT2D eigenvalue weighted by molar-refractivity contribution is -0.122. The maximum atomic E-state index is 12.0. The van der Waals surface area contributed by atoms with E-state index in [1.807, 2.05) is 31.2 Å². The molecule has 1 aromatic carbocycles. The Morgan fingerprint density at radius 1 is 1.30 bits per heavy atom. The molecule has 0 spiro atoms. The second kappa shape index (κ2) is 8.66. The Bertz CT molecular complexity index is 630. The number of rotatable bonds is 7. The second-order valence-corrected chi connectivity index (χ2v) is 8.70. The highest BCUT2D eigenvalue weighted by atomic mass is 35.5. The first kappa shape index (κ1) is 21.9. The van der Waals surface area contributed by atoms with Gasteiger partial charge in [0.1, 0.15) is 9.84 Å². The van der Waals surface area contributed by atoms with Crippen LogP contribution >= 0.6 is 12.4 Å². The minimum atomic E-state index is -3.10. The van der Waals surface area contributed by atoms with E-state index in [9.17, 15) is 13.2 Å². The number of sulfone groups is 1. The average Bonchev–Trinajstić information content (AvgIpc) is 2.41. The molecule has 0 aliphatic rings. The molecule has 0 bridgehead atoms. The number of halogens is 1. The Balaban J connectivity index is 0.00000484. The molecule has 0 fully saturated rings. The summed E-state index contributed by atoms with van der Waals surface area (Å²) in [6.07, 6.45) is 1.27. The molecule has 5 nitrogen and oxygen atoms in total. The average molecular weight is 363 g/mol. The molecule has 0 saturated heterocycles. The van der Waals surface area contributed by atoms with Gasteiger partial charge in [0.15, 0.2) is 0 Å². The van der Waals surface area contributed by atoms with Crippen molar-refractivity contribution in [2.45, 2.75) is 38.6 Å². The minimum Gasteiger partial charge on any atom is -0.354 e. The highest BCUT2D eigenvalue weighted by Crippen LogP contribution is 2.25. The van der Waals surface area contributed by atoms with Crippen molar-refractivity contribution in [3.05, 3.63) is 35.4 Å². The fourth-order valence-electron chi connectivity index (χ4n) is 2.34. The Morgan fingerprint density at radius 3 is 2.39 bits per heavy atom. The Kier molecular flexibility index (Phi) is 8.24. The van der Waals surface area contributed by atoms with Crippen LogP contribution in [0.15, 0.2) is 24.3 Å². The lowest BCUT2D eigenvalue weighted by Crippen LogP contribution is -2.46. The topological polar surface area (TPSA) is 89.3 Å². The second-order valence-electron chi connectivity index (χ2n) is 6.44. The molecule has 23 heavy (non-hydrogen) atoms. The number of carbonyl (C=O) groups is 1. The fraction of sp³-hybridized carbons (Fsp3) is 0.562. The molecule has 3 N–H and O–H groups in total. The van der Waals surface area contributed by atoms with E-state index in [1.54, 1.807) is 0 Å². The molecule has 0 aliphatic carbocycles. The summed E-state index contributed by atoms with van der Waals surface area (Å²) < 4.78 is 22.2. The lowest BCUT2D eigenvalue weighted by atomic mass is 9.82. The minimum absolute atomic E-state index is 0. The van der Waals surface area contributed by atoms with E-state index in [4.69, 9.17) is 5.73 Å².